The second kappa shape index (κ2) is 7.37. The summed E-state index contributed by atoms with van der Waals surface area (Å²) in [6.07, 6.45) is 2.74. The van der Waals surface area contributed by atoms with E-state index in [1.807, 2.05) is 54.6 Å². The van der Waals surface area contributed by atoms with Crippen LogP contribution in [-0.2, 0) is 17.6 Å². The minimum absolute atomic E-state index is 0.0255. The fraction of sp³-hybridized carbons (Fsp3) is 0.143. The van der Waals surface area contributed by atoms with Crippen molar-refractivity contribution in [2.45, 2.75) is 19.8 Å². The van der Waals surface area contributed by atoms with Gasteiger partial charge in [0.05, 0.1) is 5.52 Å². The number of fused-ring (bicyclic) bond motifs is 1. The molecule has 0 aliphatic heterocycles. The van der Waals surface area contributed by atoms with Crippen molar-refractivity contribution in [1.29, 1.82) is 0 Å². The number of nitrogens with zero attached hydrogens (tertiary/aromatic N) is 3. The van der Waals surface area contributed by atoms with Crippen LogP contribution in [0.3, 0.4) is 0 Å². The van der Waals surface area contributed by atoms with E-state index in [9.17, 15) is 4.79 Å². The second-order valence-corrected chi connectivity index (χ2v) is 6.19. The summed E-state index contributed by atoms with van der Waals surface area (Å²) < 4.78 is 5.66. The Bertz CT molecular complexity index is 1090. The fourth-order valence-corrected chi connectivity index (χ4v) is 2.82. The normalized spacial score (nSPS) is 10.9. The van der Waals surface area contributed by atoms with Crippen LogP contribution in [0.1, 0.15) is 18.4 Å². The summed E-state index contributed by atoms with van der Waals surface area (Å²) in [6.45, 7) is 2.09. The maximum Gasteiger partial charge on any atom is 0.247 e. The van der Waals surface area contributed by atoms with E-state index in [1.165, 1.54) is 5.56 Å². The lowest BCUT2D eigenvalue weighted by atomic mass is 10.1. The van der Waals surface area contributed by atoms with Crippen molar-refractivity contribution in [1.82, 2.24) is 15.2 Å². The number of anilines is 1. The van der Waals surface area contributed by atoms with Crippen LogP contribution >= 0.6 is 0 Å². The van der Waals surface area contributed by atoms with Crippen molar-refractivity contribution in [3.05, 3.63) is 72.2 Å². The third kappa shape index (κ3) is 3.84. The Morgan fingerprint density at radius 1 is 1.07 bits per heavy atom. The van der Waals surface area contributed by atoms with Gasteiger partial charge in [-0.2, -0.15) is 0 Å². The number of nitrogens with one attached hydrogen (secondary N) is 1. The number of benzene rings is 2. The molecular weight excluding hydrogens is 340 g/mol. The van der Waals surface area contributed by atoms with Gasteiger partial charge in [0.25, 0.3) is 0 Å². The van der Waals surface area contributed by atoms with E-state index >= 15 is 0 Å². The standard InChI is InChI=1S/C21H18N4O2/c1-2-14-5-8-17(9-6-14)23-19(26)13-20-24-25-21(27-20)16-7-10-18-15(12-16)4-3-11-22-18/h3-12H,2,13H2,1H3,(H,23,26). The molecule has 1 N–H and O–H groups in total. The highest BCUT2D eigenvalue weighted by molar-refractivity contribution is 5.91. The van der Waals surface area contributed by atoms with Crippen molar-refractivity contribution in [3.8, 4) is 11.5 Å². The van der Waals surface area contributed by atoms with Crippen LogP contribution in [0.15, 0.2) is 65.2 Å². The summed E-state index contributed by atoms with van der Waals surface area (Å²) in [6, 6.07) is 17.3. The van der Waals surface area contributed by atoms with Crippen molar-refractivity contribution in [2.75, 3.05) is 5.32 Å². The maximum atomic E-state index is 12.2. The first-order chi connectivity index (χ1) is 13.2. The zero-order chi connectivity index (χ0) is 18.6. The molecule has 0 spiro atoms. The maximum absolute atomic E-state index is 12.2. The number of carbonyl (C=O) groups excluding carboxylic acids is 1. The molecule has 0 aliphatic carbocycles. The molecule has 2 aromatic carbocycles. The molecule has 2 heterocycles. The molecule has 0 fully saturated rings. The van der Waals surface area contributed by atoms with Gasteiger partial charge in [-0.25, -0.2) is 0 Å². The molecule has 6 heteroatoms. The Morgan fingerprint density at radius 2 is 1.93 bits per heavy atom. The molecule has 4 aromatic rings. The molecule has 0 atom stereocenters. The quantitative estimate of drug-likeness (QED) is 0.582. The average Bonchev–Trinajstić information content (AvgIpc) is 3.16. The highest BCUT2D eigenvalue weighted by atomic mass is 16.4. The number of hydrogen-bond acceptors (Lipinski definition) is 5. The van der Waals surface area contributed by atoms with Gasteiger partial charge in [-0.1, -0.05) is 25.1 Å². The van der Waals surface area contributed by atoms with Gasteiger partial charge in [0.2, 0.25) is 17.7 Å². The molecule has 4 rings (SSSR count). The van der Waals surface area contributed by atoms with Gasteiger partial charge in [-0.15, -0.1) is 10.2 Å². The molecule has 0 radical (unpaired) electrons. The third-order valence-electron chi connectivity index (χ3n) is 4.27. The van der Waals surface area contributed by atoms with Gasteiger partial charge in [0.15, 0.2) is 0 Å². The largest absolute Gasteiger partial charge is 0.420 e. The van der Waals surface area contributed by atoms with Crippen LogP contribution in [-0.4, -0.2) is 21.1 Å². The van der Waals surface area contributed by atoms with E-state index in [0.717, 1.165) is 28.6 Å². The van der Waals surface area contributed by atoms with E-state index in [4.69, 9.17) is 4.42 Å². The molecule has 134 valence electrons. The van der Waals surface area contributed by atoms with E-state index in [-0.39, 0.29) is 18.2 Å². The highest BCUT2D eigenvalue weighted by Crippen LogP contribution is 2.22. The Labute approximate surface area is 156 Å². The van der Waals surface area contributed by atoms with Gasteiger partial charge in [-0.3, -0.25) is 9.78 Å². The van der Waals surface area contributed by atoms with Crippen LogP contribution in [0.25, 0.3) is 22.4 Å². The van der Waals surface area contributed by atoms with Crippen molar-refractivity contribution in [2.24, 2.45) is 0 Å². The van der Waals surface area contributed by atoms with Crippen LogP contribution in [0, 0.1) is 0 Å². The number of rotatable bonds is 5. The number of hydrogen-bond donors (Lipinski definition) is 1. The molecule has 6 nitrogen and oxygen atoms in total. The first-order valence-corrected chi connectivity index (χ1v) is 8.77. The van der Waals surface area contributed by atoms with Crippen molar-refractivity contribution >= 4 is 22.5 Å². The summed E-state index contributed by atoms with van der Waals surface area (Å²) >= 11 is 0. The summed E-state index contributed by atoms with van der Waals surface area (Å²) in [5, 5.41) is 11.9. The molecule has 0 unspecified atom stereocenters. The molecular formula is C21H18N4O2. The fourth-order valence-electron chi connectivity index (χ4n) is 2.82. The summed E-state index contributed by atoms with van der Waals surface area (Å²) in [7, 11) is 0. The first-order valence-electron chi connectivity index (χ1n) is 8.77. The molecule has 1 amide bonds. The van der Waals surface area contributed by atoms with Crippen molar-refractivity contribution in [3.63, 3.8) is 0 Å². The Balaban J connectivity index is 1.45. The summed E-state index contributed by atoms with van der Waals surface area (Å²) in [4.78, 5) is 16.5. The molecule has 0 aliphatic rings. The van der Waals surface area contributed by atoms with E-state index < -0.39 is 0 Å². The third-order valence-corrected chi connectivity index (χ3v) is 4.27. The lowest BCUT2D eigenvalue weighted by molar-refractivity contribution is -0.115. The first kappa shape index (κ1) is 16.9. The lowest BCUT2D eigenvalue weighted by Crippen LogP contribution is -2.14. The van der Waals surface area contributed by atoms with Gasteiger partial charge in [0, 0.05) is 22.8 Å². The van der Waals surface area contributed by atoms with Crippen molar-refractivity contribution < 1.29 is 9.21 Å². The second-order valence-electron chi connectivity index (χ2n) is 6.19. The zero-order valence-corrected chi connectivity index (χ0v) is 14.8. The average molecular weight is 358 g/mol. The molecule has 0 bridgehead atoms. The number of carbonyl (C=O) groups is 1. The topological polar surface area (TPSA) is 80.9 Å². The summed E-state index contributed by atoms with van der Waals surface area (Å²) in [5.74, 6) is 0.465. The minimum atomic E-state index is -0.197. The molecule has 2 aromatic heterocycles. The van der Waals surface area contributed by atoms with Gasteiger partial charge >= 0.3 is 0 Å². The zero-order valence-electron chi connectivity index (χ0n) is 14.8. The Hall–Kier alpha value is -3.54. The van der Waals surface area contributed by atoms with Gasteiger partial charge in [0.1, 0.15) is 6.42 Å². The SMILES string of the molecule is CCc1ccc(NC(=O)Cc2nnc(-c3ccc4ncccc4c3)o2)cc1. The molecule has 0 saturated carbocycles. The number of amides is 1. The lowest BCUT2D eigenvalue weighted by Gasteiger charge is -2.04. The predicted octanol–water partition coefficient (Wildman–Crippen LogP) is 4.03. The monoisotopic (exact) mass is 358 g/mol. The van der Waals surface area contributed by atoms with E-state index in [1.54, 1.807) is 6.20 Å². The van der Waals surface area contributed by atoms with Gasteiger partial charge < -0.3 is 9.73 Å². The highest BCUT2D eigenvalue weighted by Gasteiger charge is 2.13. The Kier molecular flexibility index (Phi) is 4.61. The molecule has 0 saturated heterocycles. The molecule has 27 heavy (non-hydrogen) atoms. The Morgan fingerprint density at radius 3 is 2.74 bits per heavy atom. The summed E-state index contributed by atoms with van der Waals surface area (Å²) in [5.41, 5.74) is 3.67. The predicted molar refractivity (Wildman–Crippen MR) is 103 cm³/mol. The van der Waals surface area contributed by atoms with Crippen LogP contribution < -0.4 is 5.32 Å². The smallest absolute Gasteiger partial charge is 0.247 e. The number of aryl methyl sites for hydroxylation is 1. The minimum Gasteiger partial charge on any atom is -0.420 e. The van der Waals surface area contributed by atoms with Gasteiger partial charge in [-0.05, 0) is 48.4 Å². The van der Waals surface area contributed by atoms with E-state index in [2.05, 4.69) is 27.4 Å². The van der Waals surface area contributed by atoms with Crippen LogP contribution in [0.2, 0.25) is 0 Å². The van der Waals surface area contributed by atoms with Crippen LogP contribution in [0.5, 0.6) is 0 Å². The number of pyridine rings is 1. The van der Waals surface area contributed by atoms with E-state index in [0.29, 0.717) is 5.89 Å². The van der Waals surface area contributed by atoms with Crippen LogP contribution in [0.4, 0.5) is 5.69 Å². The number of aromatic nitrogens is 3.